The zero-order valence-electron chi connectivity index (χ0n) is 17.6. The normalized spacial score (nSPS) is 15.7. The third-order valence-corrected chi connectivity index (χ3v) is 6.79. The second-order valence-electron chi connectivity index (χ2n) is 7.65. The topological polar surface area (TPSA) is 122 Å². The summed E-state index contributed by atoms with van der Waals surface area (Å²) in [6.45, 7) is 1.64. The molecule has 1 aliphatic rings. The largest absolute Gasteiger partial charge is 0.355 e. The van der Waals surface area contributed by atoms with E-state index in [1.165, 1.54) is 7.05 Å². The number of hydrogen-bond acceptors (Lipinski definition) is 4. The lowest BCUT2D eigenvalue weighted by atomic mass is 9.71. The van der Waals surface area contributed by atoms with Crippen molar-refractivity contribution in [2.75, 3.05) is 25.5 Å². The predicted octanol–water partition coefficient (Wildman–Crippen LogP) is 2.19. The SMILES string of the molecule is CCCc1ccccc1C1(C(=O)Nc2cc(F)c(Cl)cc2C(=O)NC)CN(S(N)(=O)=O)C1. The Morgan fingerprint density at radius 1 is 1.25 bits per heavy atom. The minimum Gasteiger partial charge on any atom is -0.355 e. The third-order valence-electron chi connectivity index (χ3n) is 5.52. The van der Waals surface area contributed by atoms with E-state index in [-0.39, 0.29) is 29.4 Å². The molecule has 4 N–H and O–H groups in total. The standard InChI is InChI=1S/C21H24ClFN4O4S/c1-3-6-13-7-4-5-8-15(13)21(11-27(12-21)32(24,30)31)20(29)26-18-10-17(23)16(22)9-14(18)19(28)25-2/h4-5,7-10H,3,6,11-12H2,1-2H3,(H,25,28)(H,26,29)(H2,24,30,31). The Kier molecular flexibility index (Phi) is 6.89. The molecule has 1 aliphatic heterocycles. The van der Waals surface area contributed by atoms with Crippen LogP contribution < -0.4 is 15.8 Å². The average molecular weight is 483 g/mol. The molecule has 0 bridgehead atoms. The number of rotatable bonds is 7. The van der Waals surface area contributed by atoms with Crippen molar-refractivity contribution in [2.45, 2.75) is 25.2 Å². The van der Waals surface area contributed by atoms with Crippen molar-refractivity contribution in [1.82, 2.24) is 9.62 Å². The first-order valence-corrected chi connectivity index (χ1v) is 11.8. The van der Waals surface area contributed by atoms with Crippen LogP contribution in [0.15, 0.2) is 36.4 Å². The van der Waals surface area contributed by atoms with Crippen LogP contribution in [-0.2, 0) is 26.8 Å². The van der Waals surface area contributed by atoms with Crippen LogP contribution in [0.1, 0.15) is 34.8 Å². The van der Waals surface area contributed by atoms with Crippen molar-refractivity contribution in [3.05, 3.63) is 63.9 Å². The van der Waals surface area contributed by atoms with Crippen LogP contribution in [0.4, 0.5) is 10.1 Å². The van der Waals surface area contributed by atoms with Crippen LogP contribution in [0.3, 0.4) is 0 Å². The van der Waals surface area contributed by atoms with Gasteiger partial charge in [0, 0.05) is 20.1 Å². The average Bonchev–Trinajstić information content (AvgIpc) is 2.69. The van der Waals surface area contributed by atoms with Gasteiger partial charge in [0.15, 0.2) is 0 Å². The van der Waals surface area contributed by atoms with E-state index >= 15 is 0 Å². The Hall–Kier alpha value is -2.53. The molecule has 0 radical (unpaired) electrons. The zero-order valence-corrected chi connectivity index (χ0v) is 19.2. The van der Waals surface area contributed by atoms with Gasteiger partial charge in [0.05, 0.1) is 16.3 Å². The van der Waals surface area contributed by atoms with E-state index in [4.69, 9.17) is 16.7 Å². The van der Waals surface area contributed by atoms with Gasteiger partial charge in [-0.2, -0.15) is 12.7 Å². The first-order valence-electron chi connectivity index (χ1n) is 9.92. The summed E-state index contributed by atoms with van der Waals surface area (Å²) in [5, 5.41) is 10.0. The number of nitrogens with two attached hydrogens (primary N) is 1. The minimum atomic E-state index is -4.00. The maximum absolute atomic E-state index is 14.2. The van der Waals surface area contributed by atoms with E-state index in [9.17, 15) is 22.4 Å². The zero-order chi connectivity index (χ0) is 23.7. The number of hydrogen-bond donors (Lipinski definition) is 3. The Labute approximate surface area is 191 Å². The highest BCUT2D eigenvalue weighted by Gasteiger charge is 2.54. The second-order valence-corrected chi connectivity index (χ2v) is 9.60. The van der Waals surface area contributed by atoms with Crippen molar-refractivity contribution in [2.24, 2.45) is 5.14 Å². The van der Waals surface area contributed by atoms with Crippen LogP contribution in [0.25, 0.3) is 0 Å². The molecule has 0 atom stereocenters. The van der Waals surface area contributed by atoms with Crippen LogP contribution in [-0.4, -0.2) is 44.7 Å². The maximum atomic E-state index is 14.2. The molecule has 172 valence electrons. The Morgan fingerprint density at radius 2 is 1.91 bits per heavy atom. The van der Waals surface area contributed by atoms with E-state index < -0.39 is 33.3 Å². The summed E-state index contributed by atoms with van der Waals surface area (Å²) in [7, 11) is -2.61. The number of aryl methyl sites for hydroxylation is 1. The highest BCUT2D eigenvalue weighted by atomic mass is 35.5. The van der Waals surface area contributed by atoms with Crippen LogP contribution in [0.5, 0.6) is 0 Å². The van der Waals surface area contributed by atoms with Gasteiger partial charge in [-0.25, -0.2) is 9.53 Å². The lowest BCUT2D eigenvalue weighted by Crippen LogP contribution is -2.67. The molecule has 0 spiro atoms. The molecule has 2 aromatic rings. The lowest BCUT2D eigenvalue weighted by Gasteiger charge is -2.48. The number of amides is 2. The number of carbonyl (C=O) groups excluding carboxylic acids is 2. The molecule has 1 fully saturated rings. The van der Waals surface area contributed by atoms with Gasteiger partial charge in [-0.15, -0.1) is 0 Å². The number of anilines is 1. The van der Waals surface area contributed by atoms with Gasteiger partial charge in [0.2, 0.25) is 5.91 Å². The van der Waals surface area contributed by atoms with Crippen molar-refractivity contribution in [1.29, 1.82) is 0 Å². The molecule has 32 heavy (non-hydrogen) atoms. The number of halogens is 2. The Bertz CT molecular complexity index is 1170. The molecule has 2 amide bonds. The fourth-order valence-electron chi connectivity index (χ4n) is 3.86. The van der Waals surface area contributed by atoms with Gasteiger partial charge in [-0.05, 0) is 29.7 Å². The van der Waals surface area contributed by atoms with Gasteiger partial charge >= 0.3 is 0 Å². The third kappa shape index (κ3) is 4.49. The first kappa shape index (κ1) is 24.1. The van der Waals surface area contributed by atoms with Crippen molar-refractivity contribution >= 4 is 39.3 Å². The highest BCUT2D eigenvalue weighted by Crippen LogP contribution is 2.39. The highest BCUT2D eigenvalue weighted by molar-refractivity contribution is 7.86. The van der Waals surface area contributed by atoms with E-state index in [2.05, 4.69) is 10.6 Å². The summed E-state index contributed by atoms with van der Waals surface area (Å²) < 4.78 is 38.8. The van der Waals surface area contributed by atoms with Gasteiger partial charge in [-0.3, -0.25) is 9.59 Å². The fraction of sp³-hybridized carbons (Fsp3) is 0.333. The van der Waals surface area contributed by atoms with Crippen molar-refractivity contribution in [3.8, 4) is 0 Å². The summed E-state index contributed by atoms with van der Waals surface area (Å²) in [5.74, 6) is -1.95. The van der Waals surface area contributed by atoms with Crippen molar-refractivity contribution < 1.29 is 22.4 Å². The molecule has 11 heteroatoms. The molecule has 0 unspecified atom stereocenters. The number of carbonyl (C=O) groups is 2. The van der Waals surface area contributed by atoms with Crippen LogP contribution in [0.2, 0.25) is 5.02 Å². The molecule has 2 aromatic carbocycles. The molecule has 8 nitrogen and oxygen atoms in total. The Morgan fingerprint density at radius 3 is 2.50 bits per heavy atom. The van der Waals surface area contributed by atoms with Crippen LogP contribution >= 0.6 is 11.6 Å². The first-order chi connectivity index (χ1) is 15.0. The monoisotopic (exact) mass is 482 g/mol. The van der Waals surface area contributed by atoms with E-state index in [1.807, 2.05) is 19.1 Å². The van der Waals surface area contributed by atoms with E-state index in [0.717, 1.165) is 28.4 Å². The summed E-state index contributed by atoms with van der Waals surface area (Å²) in [6, 6.07) is 9.35. The molecule has 1 heterocycles. The van der Waals surface area contributed by atoms with Gasteiger partial charge < -0.3 is 10.6 Å². The Balaban J connectivity index is 2.06. The smallest absolute Gasteiger partial charge is 0.276 e. The summed E-state index contributed by atoms with van der Waals surface area (Å²) in [5.41, 5.74) is 0.210. The lowest BCUT2D eigenvalue weighted by molar-refractivity contribution is -0.125. The molecule has 1 saturated heterocycles. The fourth-order valence-corrected chi connectivity index (χ4v) is 4.83. The second kappa shape index (κ2) is 9.14. The number of nitrogens with one attached hydrogen (secondary N) is 2. The van der Waals surface area contributed by atoms with Gasteiger partial charge in [0.1, 0.15) is 11.2 Å². The van der Waals surface area contributed by atoms with E-state index in [0.29, 0.717) is 12.0 Å². The van der Waals surface area contributed by atoms with Crippen molar-refractivity contribution in [3.63, 3.8) is 0 Å². The summed E-state index contributed by atoms with van der Waals surface area (Å²) >= 11 is 5.82. The minimum absolute atomic E-state index is 0.0214. The molecule has 0 aromatic heterocycles. The number of benzene rings is 2. The molecular weight excluding hydrogens is 459 g/mol. The van der Waals surface area contributed by atoms with E-state index in [1.54, 1.807) is 12.1 Å². The molecule has 3 rings (SSSR count). The molecule has 0 aliphatic carbocycles. The number of nitrogens with zero attached hydrogens (tertiary/aromatic N) is 1. The van der Waals surface area contributed by atoms with Crippen LogP contribution in [0, 0.1) is 5.82 Å². The van der Waals surface area contributed by atoms with Gasteiger partial charge in [-0.1, -0.05) is 49.2 Å². The molecular formula is C21H24ClFN4O4S. The quantitative estimate of drug-likeness (QED) is 0.560. The maximum Gasteiger partial charge on any atom is 0.276 e. The molecule has 0 saturated carbocycles. The predicted molar refractivity (Wildman–Crippen MR) is 120 cm³/mol. The van der Waals surface area contributed by atoms with Gasteiger partial charge in [0.25, 0.3) is 16.1 Å². The summed E-state index contributed by atoms with van der Waals surface area (Å²) in [6.07, 6.45) is 1.50. The summed E-state index contributed by atoms with van der Waals surface area (Å²) in [4.78, 5) is 25.8.